The van der Waals surface area contributed by atoms with E-state index in [1.165, 1.54) is 16.9 Å². The first kappa shape index (κ1) is 22.8. The van der Waals surface area contributed by atoms with Crippen LogP contribution in [-0.4, -0.2) is 63.1 Å². The summed E-state index contributed by atoms with van der Waals surface area (Å²) in [7, 11) is 0. The van der Waals surface area contributed by atoms with Gasteiger partial charge in [0.15, 0.2) is 11.5 Å². The van der Waals surface area contributed by atoms with Gasteiger partial charge in [-0.1, -0.05) is 0 Å². The third kappa shape index (κ3) is 5.88. The van der Waals surface area contributed by atoms with Crippen molar-refractivity contribution in [3.63, 3.8) is 0 Å². The number of rotatable bonds is 9. The fourth-order valence-electron chi connectivity index (χ4n) is 4.01. The average molecular weight is 458 g/mol. The lowest BCUT2D eigenvalue weighted by Gasteiger charge is -2.26. The van der Waals surface area contributed by atoms with Crippen molar-refractivity contribution in [2.45, 2.75) is 32.6 Å². The molecular formula is C24H31N3O4S. The van der Waals surface area contributed by atoms with E-state index < -0.39 is 0 Å². The van der Waals surface area contributed by atoms with Gasteiger partial charge in [-0.25, -0.2) is 5.43 Å². The minimum absolute atomic E-state index is 0.145. The minimum atomic E-state index is -0.145. The molecule has 1 amide bonds. The van der Waals surface area contributed by atoms with Gasteiger partial charge in [-0.2, -0.15) is 5.10 Å². The zero-order chi connectivity index (χ0) is 22.2. The number of hydrazone groups is 1. The Balaban J connectivity index is 1.33. The maximum Gasteiger partial charge on any atom is 0.272 e. The number of benzene rings is 1. The monoisotopic (exact) mass is 457 g/mol. The number of ether oxygens (including phenoxy) is 3. The lowest BCUT2D eigenvalue weighted by molar-refractivity contribution is 0.0321. The van der Waals surface area contributed by atoms with Gasteiger partial charge in [0.2, 0.25) is 0 Å². The highest BCUT2D eigenvalue weighted by molar-refractivity contribution is 7.10. The topological polar surface area (TPSA) is 72.4 Å². The zero-order valence-corrected chi connectivity index (χ0v) is 19.4. The molecule has 1 N–H and O–H groups in total. The molecule has 1 aliphatic carbocycles. The van der Waals surface area contributed by atoms with Gasteiger partial charge in [0, 0.05) is 29.9 Å². The standard InChI is InChI=1S/C24H31N3O4S/c1-2-30-22-15-18(7-8-21(22)31-14-11-27-9-12-29-13-10-27)16-25-26-24(28)20-17-32-23-6-4-3-5-19(20)23/h7-8,15-17H,2-6,9-14H2,1H3,(H,26,28). The second-order valence-electron chi connectivity index (χ2n) is 7.90. The minimum Gasteiger partial charge on any atom is -0.490 e. The van der Waals surface area contributed by atoms with E-state index in [1.54, 1.807) is 17.6 Å². The Morgan fingerprint density at radius 3 is 2.91 bits per heavy atom. The molecule has 0 radical (unpaired) electrons. The highest BCUT2D eigenvalue weighted by Crippen LogP contribution is 2.30. The fraction of sp³-hybridized carbons (Fsp3) is 0.500. The molecule has 1 aliphatic heterocycles. The molecule has 1 saturated heterocycles. The largest absolute Gasteiger partial charge is 0.490 e. The van der Waals surface area contributed by atoms with Gasteiger partial charge in [-0.3, -0.25) is 9.69 Å². The highest BCUT2D eigenvalue weighted by atomic mass is 32.1. The van der Waals surface area contributed by atoms with Crippen LogP contribution in [0.2, 0.25) is 0 Å². The Morgan fingerprint density at radius 2 is 2.06 bits per heavy atom. The fourth-order valence-corrected chi connectivity index (χ4v) is 5.14. The molecule has 2 heterocycles. The van der Waals surface area contributed by atoms with Crippen LogP contribution in [0, 0.1) is 0 Å². The maximum atomic E-state index is 12.6. The number of nitrogens with zero attached hydrogens (tertiary/aromatic N) is 2. The molecule has 0 spiro atoms. The molecule has 1 aromatic heterocycles. The summed E-state index contributed by atoms with van der Waals surface area (Å²) < 4.78 is 17.1. The summed E-state index contributed by atoms with van der Waals surface area (Å²) in [5.74, 6) is 1.25. The van der Waals surface area contributed by atoms with Crippen LogP contribution in [0.5, 0.6) is 11.5 Å². The first-order valence-electron chi connectivity index (χ1n) is 11.4. The predicted molar refractivity (Wildman–Crippen MR) is 126 cm³/mol. The quantitative estimate of drug-likeness (QED) is 0.461. The van der Waals surface area contributed by atoms with E-state index in [9.17, 15) is 4.79 Å². The van der Waals surface area contributed by atoms with Crippen molar-refractivity contribution >= 4 is 23.5 Å². The number of morpholine rings is 1. The van der Waals surface area contributed by atoms with E-state index in [1.807, 2.05) is 30.5 Å². The lowest BCUT2D eigenvalue weighted by Crippen LogP contribution is -2.38. The molecule has 172 valence electrons. The van der Waals surface area contributed by atoms with Crippen LogP contribution in [0.25, 0.3) is 0 Å². The molecule has 1 fully saturated rings. The van der Waals surface area contributed by atoms with Crippen molar-refractivity contribution in [3.05, 3.63) is 45.1 Å². The van der Waals surface area contributed by atoms with Crippen LogP contribution in [0.1, 0.15) is 46.1 Å². The average Bonchev–Trinajstić information content (AvgIpc) is 3.26. The molecule has 2 aliphatic rings. The number of carbonyl (C=O) groups excluding carboxylic acids is 1. The normalized spacial score (nSPS) is 16.7. The van der Waals surface area contributed by atoms with E-state index in [0.717, 1.165) is 63.2 Å². The van der Waals surface area contributed by atoms with Gasteiger partial charge in [0.25, 0.3) is 5.91 Å². The van der Waals surface area contributed by atoms with Gasteiger partial charge < -0.3 is 14.2 Å². The second kappa shape index (κ2) is 11.4. The number of fused-ring (bicyclic) bond motifs is 1. The predicted octanol–water partition coefficient (Wildman–Crippen LogP) is 3.50. The number of thiophene rings is 1. The van der Waals surface area contributed by atoms with E-state index in [2.05, 4.69) is 15.4 Å². The van der Waals surface area contributed by atoms with E-state index in [4.69, 9.17) is 14.2 Å². The van der Waals surface area contributed by atoms with Gasteiger partial charge in [0.1, 0.15) is 6.61 Å². The molecule has 0 bridgehead atoms. The van der Waals surface area contributed by atoms with Gasteiger partial charge in [-0.05, 0) is 61.9 Å². The number of aryl methyl sites for hydroxylation is 1. The van der Waals surface area contributed by atoms with Crippen LogP contribution in [-0.2, 0) is 17.6 Å². The van der Waals surface area contributed by atoms with Crippen molar-refractivity contribution in [1.82, 2.24) is 10.3 Å². The third-order valence-electron chi connectivity index (χ3n) is 5.72. The third-order valence-corrected chi connectivity index (χ3v) is 6.81. The van der Waals surface area contributed by atoms with Crippen molar-refractivity contribution in [3.8, 4) is 11.5 Å². The molecular weight excluding hydrogens is 426 g/mol. The van der Waals surface area contributed by atoms with Crippen molar-refractivity contribution in [2.24, 2.45) is 5.10 Å². The van der Waals surface area contributed by atoms with Crippen LogP contribution in [0.3, 0.4) is 0 Å². The molecule has 7 nitrogen and oxygen atoms in total. The van der Waals surface area contributed by atoms with E-state index >= 15 is 0 Å². The summed E-state index contributed by atoms with van der Waals surface area (Å²) in [6.45, 7) is 7.38. The zero-order valence-electron chi connectivity index (χ0n) is 18.6. The first-order valence-corrected chi connectivity index (χ1v) is 12.2. The molecule has 0 saturated carbocycles. The summed E-state index contributed by atoms with van der Waals surface area (Å²) in [6, 6.07) is 5.69. The molecule has 0 unspecified atom stereocenters. The number of amides is 1. The Kier molecular flexibility index (Phi) is 8.14. The number of nitrogens with one attached hydrogen (secondary N) is 1. The maximum absolute atomic E-state index is 12.6. The van der Waals surface area contributed by atoms with Gasteiger partial charge >= 0.3 is 0 Å². The van der Waals surface area contributed by atoms with E-state index in [0.29, 0.717) is 24.7 Å². The molecule has 0 atom stereocenters. The Bertz CT molecular complexity index is 937. The Morgan fingerprint density at radius 1 is 1.22 bits per heavy atom. The summed E-state index contributed by atoms with van der Waals surface area (Å²) in [5.41, 5.74) is 5.47. The Labute approximate surface area is 193 Å². The smallest absolute Gasteiger partial charge is 0.272 e. The molecule has 4 rings (SSSR count). The molecule has 1 aromatic carbocycles. The molecule has 2 aromatic rings. The summed E-state index contributed by atoms with van der Waals surface area (Å²) >= 11 is 1.68. The second-order valence-corrected chi connectivity index (χ2v) is 8.86. The van der Waals surface area contributed by atoms with Crippen molar-refractivity contribution in [2.75, 3.05) is 46.1 Å². The van der Waals surface area contributed by atoms with Gasteiger partial charge in [-0.15, -0.1) is 11.3 Å². The van der Waals surface area contributed by atoms with Crippen LogP contribution in [0.15, 0.2) is 28.7 Å². The number of carbonyl (C=O) groups is 1. The Hall–Kier alpha value is -2.42. The van der Waals surface area contributed by atoms with Crippen LogP contribution in [0.4, 0.5) is 0 Å². The summed E-state index contributed by atoms with van der Waals surface area (Å²) in [4.78, 5) is 16.2. The summed E-state index contributed by atoms with van der Waals surface area (Å²) in [5, 5.41) is 6.12. The molecule has 8 heteroatoms. The van der Waals surface area contributed by atoms with E-state index in [-0.39, 0.29) is 5.91 Å². The highest BCUT2D eigenvalue weighted by Gasteiger charge is 2.19. The van der Waals surface area contributed by atoms with Gasteiger partial charge in [0.05, 0.1) is 31.6 Å². The van der Waals surface area contributed by atoms with Crippen LogP contribution < -0.4 is 14.9 Å². The van der Waals surface area contributed by atoms with Crippen molar-refractivity contribution < 1.29 is 19.0 Å². The summed E-state index contributed by atoms with van der Waals surface area (Å²) in [6.07, 6.45) is 6.06. The number of hydrogen-bond acceptors (Lipinski definition) is 7. The van der Waals surface area contributed by atoms with Crippen molar-refractivity contribution in [1.29, 1.82) is 0 Å². The van der Waals surface area contributed by atoms with Crippen LogP contribution >= 0.6 is 11.3 Å². The lowest BCUT2D eigenvalue weighted by atomic mass is 9.96. The molecule has 32 heavy (non-hydrogen) atoms. The SMILES string of the molecule is CCOc1cc(C=NNC(=O)c2csc3c2CCCC3)ccc1OCCN1CCOCC1. The number of hydrogen-bond donors (Lipinski definition) is 1. The first-order chi connectivity index (χ1) is 15.7.